The van der Waals surface area contributed by atoms with Gasteiger partial charge in [-0.1, -0.05) is 13.8 Å². The van der Waals surface area contributed by atoms with Gasteiger partial charge in [0.05, 0.1) is 11.2 Å². The summed E-state index contributed by atoms with van der Waals surface area (Å²) >= 11 is 0. The standard InChI is InChI=1S/C24H34FN3O3/c1-15(2)13-24(8,28(22(29)30)23(5,6)7)14-31-20-16(3)11-19(27-21(20)25)18-9-10-26-17(4)12-18/h9-12,15H,13-14H2,1-8H3,(H,29,30)/t24-/m0/s1. The summed E-state index contributed by atoms with van der Waals surface area (Å²) in [7, 11) is 0. The summed E-state index contributed by atoms with van der Waals surface area (Å²) in [5.41, 5.74) is 1.20. The molecule has 170 valence electrons. The van der Waals surface area contributed by atoms with E-state index in [0.717, 1.165) is 11.3 Å². The molecule has 7 heteroatoms. The van der Waals surface area contributed by atoms with Crippen molar-refractivity contribution in [2.75, 3.05) is 6.61 Å². The molecule has 2 rings (SSSR count). The summed E-state index contributed by atoms with van der Waals surface area (Å²) in [4.78, 5) is 21.8. The van der Waals surface area contributed by atoms with Gasteiger partial charge in [-0.05, 0) is 77.6 Å². The van der Waals surface area contributed by atoms with E-state index in [1.807, 2.05) is 54.5 Å². The number of carbonyl (C=O) groups is 1. The fourth-order valence-electron chi connectivity index (χ4n) is 4.30. The number of aryl methyl sites for hydroxylation is 2. The van der Waals surface area contributed by atoms with Crippen LogP contribution in [-0.4, -0.2) is 43.8 Å². The van der Waals surface area contributed by atoms with E-state index in [4.69, 9.17) is 4.74 Å². The van der Waals surface area contributed by atoms with Crippen LogP contribution in [-0.2, 0) is 0 Å². The van der Waals surface area contributed by atoms with Crippen molar-refractivity contribution in [3.05, 3.63) is 41.6 Å². The fraction of sp³-hybridized carbons (Fsp3) is 0.542. The zero-order valence-corrected chi connectivity index (χ0v) is 19.8. The maximum Gasteiger partial charge on any atom is 0.408 e. The highest BCUT2D eigenvalue weighted by molar-refractivity contribution is 5.67. The number of pyridine rings is 2. The highest BCUT2D eigenvalue weighted by atomic mass is 19.1. The summed E-state index contributed by atoms with van der Waals surface area (Å²) in [6, 6.07) is 5.39. The van der Waals surface area contributed by atoms with Gasteiger partial charge in [0.1, 0.15) is 6.61 Å². The van der Waals surface area contributed by atoms with Crippen LogP contribution in [0.1, 0.15) is 59.2 Å². The van der Waals surface area contributed by atoms with Crippen LogP contribution in [0.15, 0.2) is 24.4 Å². The minimum absolute atomic E-state index is 0.0158. The second kappa shape index (κ2) is 9.20. The Morgan fingerprint density at radius 1 is 1.23 bits per heavy atom. The smallest absolute Gasteiger partial charge is 0.408 e. The maximum absolute atomic E-state index is 14.9. The molecule has 1 atom stereocenters. The first-order valence-electron chi connectivity index (χ1n) is 10.5. The molecule has 0 bridgehead atoms. The van der Waals surface area contributed by atoms with Crippen molar-refractivity contribution in [1.82, 2.24) is 14.9 Å². The highest BCUT2D eigenvalue weighted by Crippen LogP contribution is 2.33. The summed E-state index contributed by atoms with van der Waals surface area (Å²) < 4.78 is 20.9. The van der Waals surface area contributed by atoms with Crippen molar-refractivity contribution in [2.24, 2.45) is 5.92 Å². The largest absolute Gasteiger partial charge is 0.486 e. The molecule has 6 nitrogen and oxygen atoms in total. The average Bonchev–Trinajstić information content (AvgIpc) is 2.58. The van der Waals surface area contributed by atoms with Gasteiger partial charge >= 0.3 is 6.09 Å². The van der Waals surface area contributed by atoms with Crippen LogP contribution in [0.2, 0.25) is 0 Å². The van der Waals surface area contributed by atoms with E-state index < -0.39 is 23.1 Å². The number of amides is 1. The molecule has 31 heavy (non-hydrogen) atoms. The Bertz CT molecular complexity index is 917. The molecule has 2 aromatic heterocycles. The Kier molecular flexibility index (Phi) is 7.29. The fourth-order valence-corrected chi connectivity index (χ4v) is 4.30. The zero-order chi connectivity index (χ0) is 23.6. The van der Waals surface area contributed by atoms with E-state index in [0.29, 0.717) is 17.7 Å². The van der Waals surface area contributed by atoms with Gasteiger partial charge in [0, 0.05) is 23.0 Å². The first kappa shape index (κ1) is 24.6. The van der Waals surface area contributed by atoms with E-state index in [1.54, 1.807) is 25.3 Å². The van der Waals surface area contributed by atoms with Gasteiger partial charge in [0.15, 0.2) is 5.75 Å². The monoisotopic (exact) mass is 431 g/mol. The van der Waals surface area contributed by atoms with Gasteiger partial charge in [-0.3, -0.25) is 9.88 Å². The minimum Gasteiger partial charge on any atom is -0.486 e. The van der Waals surface area contributed by atoms with Gasteiger partial charge < -0.3 is 9.84 Å². The van der Waals surface area contributed by atoms with Crippen molar-refractivity contribution in [2.45, 2.75) is 72.9 Å². The minimum atomic E-state index is -1.03. The quantitative estimate of drug-likeness (QED) is 0.556. The number of hydrogen-bond acceptors (Lipinski definition) is 4. The average molecular weight is 432 g/mol. The molecule has 2 aromatic rings. The normalized spacial score (nSPS) is 13.7. The number of carboxylic acid groups (broad SMARTS) is 1. The molecule has 2 heterocycles. The number of nitrogens with zero attached hydrogens (tertiary/aromatic N) is 3. The predicted octanol–water partition coefficient (Wildman–Crippen LogP) is 5.86. The molecule has 0 radical (unpaired) electrons. The van der Waals surface area contributed by atoms with Crippen LogP contribution in [0, 0.1) is 25.7 Å². The number of ether oxygens (including phenoxy) is 1. The van der Waals surface area contributed by atoms with Crippen LogP contribution in [0.25, 0.3) is 11.3 Å². The molecular weight excluding hydrogens is 397 g/mol. The summed E-state index contributed by atoms with van der Waals surface area (Å²) in [6.45, 7) is 15.1. The van der Waals surface area contributed by atoms with E-state index in [1.165, 1.54) is 4.90 Å². The second-order valence-corrected chi connectivity index (χ2v) is 9.80. The Hall–Kier alpha value is -2.70. The van der Waals surface area contributed by atoms with Crippen molar-refractivity contribution in [3.63, 3.8) is 0 Å². The van der Waals surface area contributed by atoms with Crippen LogP contribution >= 0.6 is 0 Å². The van der Waals surface area contributed by atoms with Crippen molar-refractivity contribution in [3.8, 4) is 17.0 Å². The Labute approximate surface area is 184 Å². The Morgan fingerprint density at radius 2 is 1.87 bits per heavy atom. The molecule has 0 saturated heterocycles. The molecule has 1 N–H and O–H groups in total. The molecular formula is C24H34FN3O3. The molecule has 0 saturated carbocycles. The van der Waals surface area contributed by atoms with Gasteiger partial charge in [0.25, 0.3) is 5.95 Å². The van der Waals surface area contributed by atoms with Gasteiger partial charge in [-0.25, -0.2) is 9.78 Å². The van der Waals surface area contributed by atoms with Crippen molar-refractivity contribution >= 4 is 6.09 Å². The molecule has 0 aliphatic rings. The third kappa shape index (κ3) is 5.93. The van der Waals surface area contributed by atoms with Crippen LogP contribution < -0.4 is 4.74 Å². The van der Waals surface area contributed by atoms with Gasteiger partial charge in [0.2, 0.25) is 0 Å². The first-order valence-corrected chi connectivity index (χ1v) is 10.5. The van der Waals surface area contributed by atoms with Crippen LogP contribution in [0.4, 0.5) is 9.18 Å². The van der Waals surface area contributed by atoms with Crippen molar-refractivity contribution < 1.29 is 19.0 Å². The van der Waals surface area contributed by atoms with E-state index >= 15 is 0 Å². The molecule has 0 aliphatic heterocycles. The van der Waals surface area contributed by atoms with Crippen LogP contribution in [0.5, 0.6) is 5.75 Å². The zero-order valence-electron chi connectivity index (χ0n) is 19.8. The number of hydrogen-bond donors (Lipinski definition) is 1. The molecule has 1 amide bonds. The third-order valence-corrected chi connectivity index (χ3v) is 5.09. The van der Waals surface area contributed by atoms with Gasteiger partial charge in [-0.2, -0.15) is 4.39 Å². The Morgan fingerprint density at radius 3 is 2.35 bits per heavy atom. The first-order chi connectivity index (χ1) is 14.2. The summed E-state index contributed by atoms with van der Waals surface area (Å²) in [6.07, 6.45) is 1.20. The van der Waals surface area contributed by atoms with Crippen LogP contribution in [0.3, 0.4) is 0 Å². The Balaban J connectivity index is 2.38. The van der Waals surface area contributed by atoms with Crippen molar-refractivity contribution in [1.29, 1.82) is 0 Å². The lowest BCUT2D eigenvalue weighted by Gasteiger charge is -2.47. The molecule has 0 aliphatic carbocycles. The molecule has 0 fully saturated rings. The number of rotatable bonds is 7. The highest BCUT2D eigenvalue weighted by Gasteiger charge is 2.43. The topological polar surface area (TPSA) is 75.5 Å². The van der Waals surface area contributed by atoms with E-state index in [2.05, 4.69) is 9.97 Å². The third-order valence-electron chi connectivity index (χ3n) is 5.09. The van der Waals surface area contributed by atoms with E-state index in [9.17, 15) is 14.3 Å². The summed E-state index contributed by atoms with van der Waals surface area (Å²) in [5, 5.41) is 9.93. The molecule has 0 unspecified atom stereocenters. The summed E-state index contributed by atoms with van der Waals surface area (Å²) in [5.74, 6) is -0.447. The predicted molar refractivity (Wildman–Crippen MR) is 120 cm³/mol. The molecule has 0 aromatic carbocycles. The molecule has 0 spiro atoms. The number of halogens is 1. The lowest BCUT2D eigenvalue weighted by Crippen LogP contribution is -2.61. The SMILES string of the molecule is Cc1cc(-c2cc(C)c(OC[C@](C)(CC(C)C)N(C(=O)O)C(C)(C)C)c(F)n2)ccn1. The second-order valence-electron chi connectivity index (χ2n) is 9.80. The lowest BCUT2D eigenvalue weighted by atomic mass is 9.86. The van der Waals surface area contributed by atoms with E-state index in [-0.39, 0.29) is 18.3 Å². The van der Waals surface area contributed by atoms with Gasteiger partial charge in [-0.15, -0.1) is 0 Å². The number of aromatic nitrogens is 2. The lowest BCUT2D eigenvalue weighted by molar-refractivity contribution is -0.0117. The maximum atomic E-state index is 14.9.